The van der Waals surface area contributed by atoms with Crippen LogP contribution >= 0.6 is 0 Å². The zero-order valence-electron chi connectivity index (χ0n) is 11.5. The van der Waals surface area contributed by atoms with E-state index in [1.807, 2.05) is 18.2 Å². The summed E-state index contributed by atoms with van der Waals surface area (Å²) in [6.07, 6.45) is 1.15. The number of methoxy groups -OCH3 is 1. The Labute approximate surface area is 113 Å². The number of hydrogen-bond acceptors (Lipinski definition) is 4. The molecule has 5 heteroatoms. The summed E-state index contributed by atoms with van der Waals surface area (Å²) in [5.41, 5.74) is 7.36. The van der Waals surface area contributed by atoms with Gasteiger partial charge in [0, 0.05) is 31.3 Å². The van der Waals surface area contributed by atoms with Gasteiger partial charge in [-0.2, -0.15) is 0 Å². The van der Waals surface area contributed by atoms with E-state index in [4.69, 9.17) is 20.6 Å². The molecule has 0 spiro atoms. The first-order chi connectivity index (χ1) is 9.11. The summed E-state index contributed by atoms with van der Waals surface area (Å²) in [6.45, 7) is 4.54. The number of nitrogens with two attached hydrogens (primary N) is 1. The lowest BCUT2D eigenvalue weighted by Crippen LogP contribution is -2.32. The van der Waals surface area contributed by atoms with Crippen LogP contribution in [0.3, 0.4) is 0 Å². The summed E-state index contributed by atoms with van der Waals surface area (Å²) >= 11 is 0. The van der Waals surface area contributed by atoms with Crippen LogP contribution in [0.1, 0.15) is 18.9 Å². The molecule has 1 aromatic rings. The van der Waals surface area contributed by atoms with E-state index in [0.29, 0.717) is 0 Å². The van der Waals surface area contributed by atoms with Crippen molar-refractivity contribution in [3.05, 3.63) is 23.8 Å². The molecule has 1 unspecified atom stereocenters. The Kier molecular flexibility index (Phi) is 4.27. The third-order valence-corrected chi connectivity index (χ3v) is 3.29. The second-order valence-corrected chi connectivity index (χ2v) is 4.78. The summed E-state index contributed by atoms with van der Waals surface area (Å²) < 4.78 is 10.9. The van der Waals surface area contributed by atoms with Gasteiger partial charge in [-0.3, -0.25) is 5.41 Å². The molecule has 0 amide bonds. The Balaban J connectivity index is 2.36. The van der Waals surface area contributed by atoms with Crippen LogP contribution in [0.5, 0.6) is 5.75 Å². The SMILES string of the molecule is COc1ccc(C(=N)N)c(N2CCCOC(C)C2)c1. The number of nitrogen functional groups attached to an aromatic ring is 1. The molecule has 1 heterocycles. The largest absolute Gasteiger partial charge is 0.497 e. The van der Waals surface area contributed by atoms with Gasteiger partial charge in [-0.15, -0.1) is 0 Å². The van der Waals surface area contributed by atoms with Crippen molar-refractivity contribution >= 4 is 11.5 Å². The normalized spacial score (nSPS) is 19.9. The van der Waals surface area contributed by atoms with E-state index >= 15 is 0 Å². The van der Waals surface area contributed by atoms with E-state index in [-0.39, 0.29) is 11.9 Å². The lowest BCUT2D eigenvalue weighted by Gasteiger charge is -2.27. The number of benzene rings is 1. The molecule has 0 aromatic heterocycles. The number of rotatable bonds is 3. The van der Waals surface area contributed by atoms with Crippen molar-refractivity contribution in [2.75, 3.05) is 31.7 Å². The molecule has 1 aliphatic heterocycles. The van der Waals surface area contributed by atoms with Gasteiger partial charge >= 0.3 is 0 Å². The summed E-state index contributed by atoms with van der Waals surface area (Å²) in [7, 11) is 1.64. The Morgan fingerprint density at radius 3 is 3.00 bits per heavy atom. The Bertz CT molecular complexity index is 462. The highest BCUT2D eigenvalue weighted by Gasteiger charge is 2.19. The van der Waals surface area contributed by atoms with Gasteiger partial charge in [-0.1, -0.05) is 0 Å². The maximum atomic E-state index is 7.71. The van der Waals surface area contributed by atoms with Crippen LogP contribution in [0, 0.1) is 5.41 Å². The van der Waals surface area contributed by atoms with E-state index in [0.717, 1.165) is 43.1 Å². The zero-order chi connectivity index (χ0) is 13.8. The highest BCUT2D eigenvalue weighted by molar-refractivity contribution is 6.00. The number of hydrogen-bond donors (Lipinski definition) is 2. The minimum absolute atomic E-state index is 0.0791. The maximum Gasteiger partial charge on any atom is 0.124 e. The van der Waals surface area contributed by atoms with Gasteiger partial charge in [0.25, 0.3) is 0 Å². The Morgan fingerprint density at radius 2 is 2.32 bits per heavy atom. The zero-order valence-corrected chi connectivity index (χ0v) is 11.5. The molecule has 0 saturated carbocycles. The minimum Gasteiger partial charge on any atom is -0.497 e. The molecule has 3 N–H and O–H groups in total. The fraction of sp³-hybridized carbons (Fsp3) is 0.500. The molecule has 104 valence electrons. The molecule has 1 atom stereocenters. The number of amidine groups is 1. The molecule has 0 bridgehead atoms. The molecule has 5 nitrogen and oxygen atoms in total. The highest BCUT2D eigenvalue weighted by atomic mass is 16.5. The Morgan fingerprint density at radius 1 is 1.53 bits per heavy atom. The summed E-state index contributed by atoms with van der Waals surface area (Å²) in [5.74, 6) is 0.855. The summed E-state index contributed by atoms with van der Waals surface area (Å²) in [4.78, 5) is 2.22. The van der Waals surface area contributed by atoms with Gasteiger partial charge in [0.2, 0.25) is 0 Å². The first-order valence-corrected chi connectivity index (χ1v) is 6.51. The molecule has 1 aliphatic rings. The minimum atomic E-state index is 0.0791. The lowest BCUT2D eigenvalue weighted by molar-refractivity contribution is 0.0821. The van der Waals surface area contributed by atoms with Gasteiger partial charge in [0.05, 0.1) is 18.9 Å². The van der Waals surface area contributed by atoms with E-state index < -0.39 is 0 Å². The molecule has 0 radical (unpaired) electrons. The average Bonchev–Trinajstić information content (AvgIpc) is 2.62. The number of nitrogens with one attached hydrogen (secondary N) is 1. The highest BCUT2D eigenvalue weighted by Crippen LogP contribution is 2.27. The topological polar surface area (TPSA) is 71.6 Å². The van der Waals surface area contributed by atoms with Gasteiger partial charge in [-0.05, 0) is 25.5 Å². The second-order valence-electron chi connectivity index (χ2n) is 4.78. The van der Waals surface area contributed by atoms with Crippen molar-refractivity contribution in [3.63, 3.8) is 0 Å². The molecule has 1 saturated heterocycles. The fourth-order valence-corrected chi connectivity index (χ4v) is 2.34. The standard InChI is InChI=1S/C14H21N3O2/c1-10-9-17(6-3-7-19-10)13-8-11(18-2)4-5-12(13)14(15)16/h4-5,8,10H,3,6-7,9H2,1-2H3,(H3,15,16). The van der Waals surface area contributed by atoms with Crippen LogP contribution in [0.25, 0.3) is 0 Å². The average molecular weight is 263 g/mol. The van der Waals surface area contributed by atoms with Crippen LogP contribution in [-0.2, 0) is 4.74 Å². The van der Waals surface area contributed by atoms with E-state index in [2.05, 4.69) is 11.8 Å². The predicted molar refractivity (Wildman–Crippen MR) is 76.3 cm³/mol. The van der Waals surface area contributed by atoms with E-state index in [9.17, 15) is 0 Å². The van der Waals surface area contributed by atoms with Gasteiger partial charge < -0.3 is 20.1 Å². The number of ether oxygens (including phenoxy) is 2. The van der Waals surface area contributed by atoms with Gasteiger partial charge in [-0.25, -0.2) is 0 Å². The van der Waals surface area contributed by atoms with Crippen molar-refractivity contribution in [2.45, 2.75) is 19.4 Å². The summed E-state index contributed by atoms with van der Waals surface area (Å²) in [6, 6.07) is 5.61. The fourth-order valence-electron chi connectivity index (χ4n) is 2.34. The molecule has 1 aromatic carbocycles. The van der Waals surface area contributed by atoms with Crippen LogP contribution in [-0.4, -0.2) is 38.7 Å². The number of anilines is 1. The quantitative estimate of drug-likeness (QED) is 0.642. The van der Waals surface area contributed by atoms with Crippen LogP contribution in [0.4, 0.5) is 5.69 Å². The van der Waals surface area contributed by atoms with Crippen molar-refractivity contribution < 1.29 is 9.47 Å². The van der Waals surface area contributed by atoms with E-state index in [1.54, 1.807) is 7.11 Å². The molecule has 2 rings (SSSR count). The first-order valence-electron chi connectivity index (χ1n) is 6.51. The van der Waals surface area contributed by atoms with E-state index in [1.165, 1.54) is 0 Å². The third-order valence-electron chi connectivity index (χ3n) is 3.29. The monoisotopic (exact) mass is 263 g/mol. The van der Waals surface area contributed by atoms with Crippen molar-refractivity contribution in [1.82, 2.24) is 0 Å². The molecule has 1 fully saturated rings. The van der Waals surface area contributed by atoms with Crippen molar-refractivity contribution in [2.24, 2.45) is 5.73 Å². The van der Waals surface area contributed by atoms with Crippen LogP contribution in [0.2, 0.25) is 0 Å². The number of nitrogens with zero attached hydrogens (tertiary/aromatic N) is 1. The molecule has 19 heavy (non-hydrogen) atoms. The summed E-state index contributed by atoms with van der Waals surface area (Å²) in [5, 5.41) is 7.71. The van der Waals surface area contributed by atoms with Gasteiger partial charge in [0.15, 0.2) is 0 Å². The molecule has 0 aliphatic carbocycles. The van der Waals surface area contributed by atoms with Crippen molar-refractivity contribution in [1.29, 1.82) is 5.41 Å². The molecular weight excluding hydrogens is 242 g/mol. The molecular formula is C14H21N3O2. The lowest BCUT2D eigenvalue weighted by atomic mass is 10.1. The van der Waals surface area contributed by atoms with Gasteiger partial charge in [0.1, 0.15) is 11.6 Å². The second kappa shape index (κ2) is 5.93. The predicted octanol–water partition coefficient (Wildman–Crippen LogP) is 1.59. The van der Waals surface area contributed by atoms with Crippen molar-refractivity contribution in [3.8, 4) is 5.75 Å². The third kappa shape index (κ3) is 3.17. The Hall–Kier alpha value is -1.75. The smallest absolute Gasteiger partial charge is 0.124 e. The first kappa shape index (κ1) is 13.7. The van der Waals surface area contributed by atoms with Crippen LogP contribution < -0.4 is 15.4 Å². The maximum absolute atomic E-state index is 7.71. The van der Waals surface area contributed by atoms with Crippen LogP contribution in [0.15, 0.2) is 18.2 Å².